The van der Waals surface area contributed by atoms with Crippen molar-refractivity contribution < 1.29 is 18.7 Å². The SMILES string of the molecule is C=CCOc1c(OC)cccc1C1CC(=O)Nc2c1c(=O)nc(SCc1ccc(F)cc1)n2C. The molecule has 1 N–H and O–H groups in total. The van der Waals surface area contributed by atoms with Gasteiger partial charge in [-0.1, -0.05) is 48.7 Å². The van der Waals surface area contributed by atoms with E-state index >= 15 is 0 Å². The van der Waals surface area contributed by atoms with E-state index in [1.165, 1.54) is 31.0 Å². The van der Waals surface area contributed by atoms with Gasteiger partial charge < -0.3 is 19.4 Å². The molecule has 7 nitrogen and oxygen atoms in total. The van der Waals surface area contributed by atoms with E-state index < -0.39 is 11.5 Å². The number of nitrogens with zero attached hydrogens (tertiary/aromatic N) is 2. The zero-order valence-electron chi connectivity index (χ0n) is 18.8. The Bertz CT molecular complexity index is 1290. The van der Waals surface area contributed by atoms with Crippen LogP contribution in [-0.4, -0.2) is 29.2 Å². The van der Waals surface area contributed by atoms with Gasteiger partial charge in [0.2, 0.25) is 5.91 Å². The van der Waals surface area contributed by atoms with Crippen LogP contribution in [0.5, 0.6) is 11.5 Å². The Morgan fingerprint density at radius 1 is 1.26 bits per heavy atom. The molecule has 1 aliphatic rings. The average molecular weight is 482 g/mol. The lowest BCUT2D eigenvalue weighted by Crippen LogP contribution is -2.33. The Hall–Kier alpha value is -3.59. The van der Waals surface area contributed by atoms with Gasteiger partial charge in [0.15, 0.2) is 16.7 Å². The summed E-state index contributed by atoms with van der Waals surface area (Å²) in [5, 5.41) is 3.29. The Kier molecular flexibility index (Phi) is 7.02. The van der Waals surface area contributed by atoms with Gasteiger partial charge in [-0.15, -0.1) is 0 Å². The van der Waals surface area contributed by atoms with Gasteiger partial charge in [0, 0.05) is 30.7 Å². The van der Waals surface area contributed by atoms with Crippen molar-refractivity contribution in [2.45, 2.75) is 23.2 Å². The highest BCUT2D eigenvalue weighted by molar-refractivity contribution is 7.98. The van der Waals surface area contributed by atoms with Crippen LogP contribution in [0.25, 0.3) is 0 Å². The molecule has 0 spiro atoms. The summed E-state index contributed by atoms with van der Waals surface area (Å²) in [5.74, 6) is 0.782. The molecule has 1 amide bonds. The molecule has 1 unspecified atom stereocenters. The molecule has 1 aliphatic heterocycles. The Balaban J connectivity index is 1.75. The largest absolute Gasteiger partial charge is 0.493 e. The molecule has 2 aromatic carbocycles. The molecule has 176 valence electrons. The first kappa shape index (κ1) is 23.6. The van der Waals surface area contributed by atoms with E-state index in [-0.39, 0.29) is 24.8 Å². The van der Waals surface area contributed by atoms with Gasteiger partial charge in [-0.05, 0) is 23.8 Å². The molecule has 0 fully saturated rings. The van der Waals surface area contributed by atoms with Crippen LogP contribution in [0.15, 0.2) is 65.1 Å². The van der Waals surface area contributed by atoms with E-state index in [0.29, 0.717) is 39.4 Å². The molecule has 0 aliphatic carbocycles. The van der Waals surface area contributed by atoms with Crippen LogP contribution in [0.3, 0.4) is 0 Å². The number of nitrogens with one attached hydrogen (secondary N) is 1. The van der Waals surface area contributed by atoms with E-state index in [0.717, 1.165) is 5.56 Å². The van der Waals surface area contributed by atoms with Gasteiger partial charge in [0.1, 0.15) is 18.2 Å². The summed E-state index contributed by atoms with van der Waals surface area (Å²) in [6.45, 7) is 3.93. The van der Waals surface area contributed by atoms with Crippen molar-refractivity contribution in [3.63, 3.8) is 0 Å². The lowest BCUT2D eigenvalue weighted by molar-refractivity contribution is -0.116. The number of carbonyl (C=O) groups is 1. The van der Waals surface area contributed by atoms with E-state index in [1.807, 2.05) is 6.07 Å². The predicted octanol–water partition coefficient (Wildman–Crippen LogP) is 4.26. The number of rotatable bonds is 8. The van der Waals surface area contributed by atoms with Crippen molar-refractivity contribution in [1.29, 1.82) is 0 Å². The maximum atomic E-state index is 13.2. The highest BCUT2D eigenvalue weighted by Gasteiger charge is 2.34. The van der Waals surface area contributed by atoms with Crippen LogP contribution in [0.2, 0.25) is 0 Å². The number of carbonyl (C=O) groups excluding carboxylic acids is 1. The average Bonchev–Trinajstić information content (AvgIpc) is 2.84. The summed E-state index contributed by atoms with van der Waals surface area (Å²) in [6.07, 6.45) is 1.69. The second-order valence-corrected chi connectivity index (χ2v) is 8.66. The van der Waals surface area contributed by atoms with Gasteiger partial charge in [-0.25, -0.2) is 4.39 Å². The third-order valence-electron chi connectivity index (χ3n) is 5.53. The van der Waals surface area contributed by atoms with Crippen molar-refractivity contribution in [2.24, 2.45) is 7.05 Å². The Labute approximate surface area is 200 Å². The maximum absolute atomic E-state index is 13.2. The minimum atomic E-state index is -0.555. The highest BCUT2D eigenvalue weighted by atomic mass is 32.2. The number of anilines is 1. The van der Waals surface area contributed by atoms with Crippen LogP contribution in [-0.2, 0) is 17.6 Å². The maximum Gasteiger partial charge on any atom is 0.279 e. The first-order valence-electron chi connectivity index (χ1n) is 10.6. The summed E-state index contributed by atoms with van der Waals surface area (Å²) in [5.41, 5.74) is 1.53. The van der Waals surface area contributed by atoms with Crippen molar-refractivity contribution >= 4 is 23.5 Å². The Morgan fingerprint density at radius 2 is 2.03 bits per heavy atom. The minimum absolute atomic E-state index is 0.0730. The monoisotopic (exact) mass is 481 g/mol. The number of thioether (sulfide) groups is 1. The zero-order valence-corrected chi connectivity index (χ0v) is 19.7. The smallest absolute Gasteiger partial charge is 0.279 e. The number of aromatic nitrogens is 2. The van der Waals surface area contributed by atoms with Gasteiger partial charge in [-0.3, -0.25) is 9.59 Å². The normalized spacial score (nSPS) is 14.8. The van der Waals surface area contributed by atoms with E-state index in [9.17, 15) is 14.0 Å². The molecule has 0 bridgehead atoms. The third kappa shape index (κ3) is 4.70. The van der Waals surface area contributed by atoms with Gasteiger partial charge in [0.25, 0.3) is 5.56 Å². The van der Waals surface area contributed by atoms with E-state index in [2.05, 4.69) is 16.9 Å². The van der Waals surface area contributed by atoms with Crippen molar-refractivity contribution in [1.82, 2.24) is 9.55 Å². The molecule has 0 saturated carbocycles. The number of para-hydroxylation sites is 1. The van der Waals surface area contributed by atoms with E-state index in [1.54, 1.807) is 42.0 Å². The molecule has 0 radical (unpaired) electrons. The van der Waals surface area contributed by atoms with Crippen LogP contribution in [0, 0.1) is 5.82 Å². The molecule has 1 aromatic heterocycles. The first-order chi connectivity index (χ1) is 16.4. The highest BCUT2D eigenvalue weighted by Crippen LogP contribution is 2.43. The molecular weight excluding hydrogens is 457 g/mol. The van der Waals surface area contributed by atoms with Crippen molar-refractivity contribution in [3.05, 3.63) is 88.0 Å². The summed E-state index contributed by atoms with van der Waals surface area (Å²) in [4.78, 5) is 30.2. The predicted molar refractivity (Wildman–Crippen MR) is 129 cm³/mol. The molecule has 2 heterocycles. The zero-order chi connectivity index (χ0) is 24.2. The first-order valence-corrected chi connectivity index (χ1v) is 11.6. The number of hydrogen-bond donors (Lipinski definition) is 1. The van der Waals surface area contributed by atoms with Crippen molar-refractivity contribution in [3.8, 4) is 11.5 Å². The fraction of sp³-hybridized carbons (Fsp3) is 0.240. The summed E-state index contributed by atoms with van der Waals surface area (Å²) in [6, 6.07) is 11.5. The van der Waals surface area contributed by atoms with E-state index in [4.69, 9.17) is 9.47 Å². The second kappa shape index (κ2) is 10.1. The summed E-state index contributed by atoms with van der Waals surface area (Å²) in [7, 11) is 3.29. The standard InChI is InChI=1S/C25H24FN3O4S/c1-4-12-33-22-17(6-5-7-19(22)32-3)18-13-20(30)27-23-21(18)24(31)28-25(29(23)2)34-14-15-8-10-16(26)11-9-15/h4-11,18H,1,12-14H2,2-3H3,(H,27,30). The number of hydrogen-bond acceptors (Lipinski definition) is 6. The quantitative estimate of drug-likeness (QED) is 0.294. The molecule has 1 atom stereocenters. The topological polar surface area (TPSA) is 82.4 Å². The molecule has 0 saturated heterocycles. The van der Waals surface area contributed by atoms with Gasteiger partial charge >= 0.3 is 0 Å². The molecule has 3 aromatic rings. The Morgan fingerprint density at radius 3 is 2.74 bits per heavy atom. The number of fused-ring (bicyclic) bond motifs is 1. The molecular formula is C25H24FN3O4S. The van der Waals surface area contributed by atoms with Crippen LogP contribution < -0.4 is 20.3 Å². The minimum Gasteiger partial charge on any atom is -0.493 e. The van der Waals surface area contributed by atoms with Gasteiger partial charge in [0.05, 0.1) is 12.7 Å². The van der Waals surface area contributed by atoms with Crippen LogP contribution in [0.4, 0.5) is 10.2 Å². The number of methoxy groups -OCH3 is 1. The molecule has 34 heavy (non-hydrogen) atoms. The number of halogens is 1. The van der Waals surface area contributed by atoms with Crippen LogP contribution in [0.1, 0.15) is 29.0 Å². The molecule has 4 rings (SSSR count). The lowest BCUT2D eigenvalue weighted by Gasteiger charge is -2.29. The lowest BCUT2D eigenvalue weighted by atomic mass is 9.86. The fourth-order valence-electron chi connectivity index (χ4n) is 3.92. The van der Waals surface area contributed by atoms with Crippen LogP contribution >= 0.6 is 11.8 Å². The number of amides is 1. The van der Waals surface area contributed by atoms with Gasteiger partial charge in [-0.2, -0.15) is 4.98 Å². The second-order valence-electron chi connectivity index (χ2n) is 7.72. The molecule has 9 heteroatoms. The third-order valence-corrected chi connectivity index (χ3v) is 6.63. The number of ether oxygens (including phenoxy) is 2. The summed E-state index contributed by atoms with van der Waals surface area (Å²) < 4.78 is 26.2. The fourth-order valence-corrected chi connectivity index (χ4v) is 4.84. The summed E-state index contributed by atoms with van der Waals surface area (Å²) >= 11 is 1.33. The number of benzene rings is 2. The van der Waals surface area contributed by atoms with Crippen molar-refractivity contribution in [2.75, 3.05) is 19.0 Å².